The molecule has 0 aliphatic carbocycles. The van der Waals surface area contributed by atoms with Crippen LogP contribution in [0.2, 0.25) is 0 Å². The monoisotopic (exact) mass is 344 g/mol. The molecule has 23 heavy (non-hydrogen) atoms. The summed E-state index contributed by atoms with van der Waals surface area (Å²) in [5, 5.41) is 0. The van der Waals surface area contributed by atoms with Gasteiger partial charge in [-0.15, -0.1) is 0 Å². The van der Waals surface area contributed by atoms with Crippen LogP contribution in [0.25, 0.3) is 0 Å². The Labute approximate surface area is 140 Å². The lowest BCUT2D eigenvalue weighted by molar-refractivity contribution is 0.0880. The van der Waals surface area contributed by atoms with Gasteiger partial charge in [-0.2, -0.15) is 0 Å². The number of hydrogen-bond donors (Lipinski definition) is 0. The van der Waals surface area contributed by atoms with Crippen molar-refractivity contribution in [1.82, 2.24) is 4.48 Å². The van der Waals surface area contributed by atoms with Crippen LogP contribution in [0, 0.1) is 0 Å². The second-order valence-corrected chi connectivity index (χ2v) is 8.20. The number of benzene rings is 1. The summed E-state index contributed by atoms with van der Waals surface area (Å²) < 4.78 is 30.5. The largest absolute Gasteiger partial charge is 0.530 e. The van der Waals surface area contributed by atoms with Gasteiger partial charge in [0.2, 0.25) is 0 Å². The molecule has 0 aliphatic heterocycles. The predicted octanol–water partition coefficient (Wildman–Crippen LogP) is 5.00. The smallest absolute Gasteiger partial charge is 0.404 e. The van der Waals surface area contributed by atoms with E-state index in [1.807, 2.05) is 45.9 Å². The van der Waals surface area contributed by atoms with Crippen LogP contribution in [0.3, 0.4) is 0 Å². The van der Waals surface area contributed by atoms with Gasteiger partial charge in [0.1, 0.15) is 11.4 Å². The molecular formula is C17H31NO4P+. The van der Waals surface area contributed by atoms with E-state index in [2.05, 4.69) is 21.1 Å². The molecule has 0 N–H and O–H groups in total. The molecule has 0 aromatic heterocycles. The summed E-state index contributed by atoms with van der Waals surface area (Å²) in [6, 6.07) is 7.52. The molecule has 2 atom stereocenters. The van der Waals surface area contributed by atoms with Crippen molar-refractivity contribution in [2.45, 2.75) is 52.7 Å². The zero-order valence-corrected chi connectivity index (χ0v) is 16.3. The Morgan fingerprint density at radius 1 is 1.04 bits per heavy atom. The van der Waals surface area contributed by atoms with Crippen LogP contribution in [0.4, 0.5) is 5.69 Å². The van der Waals surface area contributed by atoms with Crippen LogP contribution in [0.15, 0.2) is 24.3 Å². The minimum absolute atomic E-state index is 0.202. The second-order valence-electron chi connectivity index (χ2n) is 6.70. The molecule has 0 radical (unpaired) electrons. The van der Waals surface area contributed by atoms with Crippen LogP contribution >= 0.6 is 7.82 Å². The molecule has 5 nitrogen and oxygen atoms in total. The van der Waals surface area contributed by atoms with E-state index in [1.165, 1.54) is 0 Å². The summed E-state index contributed by atoms with van der Waals surface area (Å²) in [6.45, 7) is 7.66. The molecule has 1 aromatic rings. The van der Waals surface area contributed by atoms with Gasteiger partial charge in [0, 0.05) is 6.07 Å². The van der Waals surface area contributed by atoms with Crippen molar-refractivity contribution in [3.8, 4) is 5.75 Å². The van der Waals surface area contributed by atoms with Gasteiger partial charge in [0.25, 0.3) is 0 Å². The molecule has 0 heterocycles. The Morgan fingerprint density at radius 2 is 1.57 bits per heavy atom. The van der Waals surface area contributed by atoms with Crippen LogP contribution in [-0.4, -0.2) is 33.4 Å². The number of quaternary nitrogens is 1. The topological polar surface area (TPSA) is 44.8 Å². The number of phosphoric acid groups is 1. The Morgan fingerprint density at radius 3 is 2.00 bits per heavy atom. The van der Waals surface area contributed by atoms with Gasteiger partial charge < -0.3 is 4.52 Å². The van der Waals surface area contributed by atoms with Crippen LogP contribution in [0.1, 0.15) is 40.5 Å². The predicted molar refractivity (Wildman–Crippen MR) is 95.9 cm³/mol. The first-order chi connectivity index (χ1) is 10.6. The summed E-state index contributed by atoms with van der Waals surface area (Å²) in [5.74, 6) is 0.491. The van der Waals surface area contributed by atoms with E-state index >= 15 is 0 Å². The number of phosphoric ester groups is 1. The Hall–Kier alpha value is -0.870. The zero-order chi connectivity index (χ0) is 17.7. The highest BCUT2D eigenvalue weighted by atomic mass is 31.2. The third kappa shape index (κ3) is 6.64. The maximum absolute atomic E-state index is 13.0. The number of nitrogens with zero attached hydrogens (tertiary/aromatic N) is 1. The van der Waals surface area contributed by atoms with Crippen molar-refractivity contribution in [2.75, 3.05) is 21.1 Å². The maximum atomic E-state index is 13.0. The second kappa shape index (κ2) is 8.29. The van der Waals surface area contributed by atoms with E-state index in [0.29, 0.717) is 10.2 Å². The molecular weight excluding hydrogens is 313 g/mol. The van der Waals surface area contributed by atoms with E-state index < -0.39 is 7.82 Å². The van der Waals surface area contributed by atoms with Crippen molar-refractivity contribution in [3.63, 3.8) is 0 Å². The van der Waals surface area contributed by atoms with Crippen molar-refractivity contribution in [1.29, 1.82) is 0 Å². The fourth-order valence-corrected chi connectivity index (χ4v) is 3.43. The third-order valence-corrected chi connectivity index (χ3v) is 5.25. The van der Waals surface area contributed by atoms with Crippen LogP contribution < -0.4 is 9.01 Å². The quantitative estimate of drug-likeness (QED) is 0.467. The standard InChI is InChI=1S/C17H31NO4P/c1-8-14(3)20-23(19,21-15(4)9-2)22-17-12-10-11-16(13-17)18(5,6)7/h10-15H,8-9H2,1-7H3/q+1. The van der Waals surface area contributed by atoms with Gasteiger partial charge in [0.05, 0.1) is 33.4 Å². The van der Waals surface area contributed by atoms with E-state index in [1.54, 1.807) is 6.07 Å². The van der Waals surface area contributed by atoms with Crippen molar-refractivity contribution >= 4 is 13.5 Å². The first-order valence-electron chi connectivity index (χ1n) is 8.18. The van der Waals surface area contributed by atoms with Crippen LogP contribution in [-0.2, 0) is 13.6 Å². The van der Waals surface area contributed by atoms with Gasteiger partial charge in [0.15, 0.2) is 0 Å². The summed E-state index contributed by atoms with van der Waals surface area (Å²) in [4.78, 5) is 0. The molecule has 0 amide bonds. The Balaban J connectivity index is 3.03. The van der Waals surface area contributed by atoms with Crippen LogP contribution in [0.5, 0.6) is 5.75 Å². The highest BCUT2D eigenvalue weighted by Gasteiger charge is 2.33. The molecule has 0 saturated carbocycles. The lowest BCUT2D eigenvalue weighted by Gasteiger charge is -2.26. The molecule has 2 unspecified atom stereocenters. The third-order valence-electron chi connectivity index (χ3n) is 3.58. The SMILES string of the molecule is CCC(C)OP(=O)(Oc1cccc([N+](C)(C)C)c1)OC(C)CC. The first-order valence-corrected chi connectivity index (χ1v) is 9.64. The molecule has 0 aliphatic rings. The zero-order valence-electron chi connectivity index (χ0n) is 15.4. The average molecular weight is 344 g/mol. The van der Waals surface area contributed by atoms with Gasteiger partial charge >= 0.3 is 7.82 Å². The molecule has 0 spiro atoms. The van der Waals surface area contributed by atoms with Gasteiger partial charge in [-0.3, -0.25) is 13.5 Å². The lowest BCUT2D eigenvalue weighted by atomic mass is 10.2. The minimum atomic E-state index is -3.67. The fraction of sp³-hybridized carbons (Fsp3) is 0.647. The molecule has 1 rings (SSSR count). The first kappa shape index (κ1) is 20.2. The van der Waals surface area contributed by atoms with Gasteiger partial charge in [-0.1, -0.05) is 19.9 Å². The van der Waals surface area contributed by atoms with E-state index in [0.717, 1.165) is 18.5 Å². The molecule has 1 aromatic carbocycles. The average Bonchev–Trinajstić information content (AvgIpc) is 2.45. The number of rotatable bonds is 9. The van der Waals surface area contributed by atoms with E-state index in [9.17, 15) is 4.57 Å². The highest BCUT2D eigenvalue weighted by molar-refractivity contribution is 7.49. The molecule has 0 fully saturated rings. The van der Waals surface area contributed by atoms with Gasteiger partial charge in [-0.25, -0.2) is 4.57 Å². The molecule has 6 heteroatoms. The van der Waals surface area contributed by atoms with Crippen molar-refractivity contribution < 1.29 is 18.1 Å². The summed E-state index contributed by atoms with van der Waals surface area (Å²) in [7, 11) is 2.51. The Kier molecular flexibility index (Phi) is 7.28. The van der Waals surface area contributed by atoms with E-state index in [-0.39, 0.29) is 12.2 Å². The van der Waals surface area contributed by atoms with Gasteiger partial charge in [-0.05, 0) is 38.8 Å². The molecule has 132 valence electrons. The minimum Gasteiger partial charge on any atom is -0.404 e. The maximum Gasteiger partial charge on any atom is 0.530 e. The van der Waals surface area contributed by atoms with Crippen molar-refractivity contribution in [3.05, 3.63) is 24.3 Å². The summed E-state index contributed by atoms with van der Waals surface area (Å²) in [5.41, 5.74) is 1.04. The molecule has 0 bridgehead atoms. The van der Waals surface area contributed by atoms with Crippen molar-refractivity contribution in [2.24, 2.45) is 0 Å². The molecule has 0 saturated heterocycles. The fourth-order valence-electron chi connectivity index (χ4n) is 1.74. The summed E-state index contributed by atoms with van der Waals surface area (Å²) >= 11 is 0. The lowest BCUT2D eigenvalue weighted by Crippen LogP contribution is -2.34. The number of hydrogen-bond acceptors (Lipinski definition) is 4. The highest BCUT2D eigenvalue weighted by Crippen LogP contribution is 2.52. The normalized spacial score (nSPS) is 17.3. The Bertz CT molecular complexity index is 526. The summed E-state index contributed by atoms with van der Waals surface area (Å²) in [6.07, 6.45) is 1.06. The van der Waals surface area contributed by atoms with E-state index in [4.69, 9.17) is 13.6 Å².